The largest absolute Gasteiger partial charge is 0.490 e. The fourth-order valence-corrected chi connectivity index (χ4v) is 3.43. The Morgan fingerprint density at radius 1 is 1.04 bits per heavy atom. The predicted molar refractivity (Wildman–Crippen MR) is 96.2 cm³/mol. The van der Waals surface area contributed by atoms with Crippen molar-refractivity contribution in [2.75, 3.05) is 6.61 Å². The molecule has 0 heterocycles. The molecule has 0 bridgehead atoms. The summed E-state index contributed by atoms with van der Waals surface area (Å²) in [6, 6.07) is 3.14. The van der Waals surface area contributed by atoms with Gasteiger partial charge in [-0.3, -0.25) is 0 Å². The Morgan fingerprint density at radius 2 is 1.79 bits per heavy atom. The lowest BCUT2D eigenvalue weighted by molar-refractivity contribution is 0.288. The second kappa shape index (κ2) is 9.80. The quantitative estimate of drug-likeness (QED) is 0.476. The number of rotatable bonds is 8. The van der Waals surface area contributed by atoms with Crippen molar-refractivity contribution >= 4 is 6.08 Å². The molecular weight excluding hydrogens is 306 g/mol. The highest BCUT2D eigenvalue weighted by Crippen LogP contribution is 2.33. The standard InChI is InChI=1S/C21H30F2O/c1-3-5-15-24-19-14-13-18(20(22)21(19)23)12-11-17-9-7-16(6-4-2)8-10-17/h11-14,16-17H,3-10,15H2,1-2H3. The van der Waals surface area contributed by atoms with Crippen LogP contribution in [0.3, 0.4) is 0 Å². The van der Waals surface area contributed by atoms with Gasteiger partial charge in [0.1, 0.15) is 0 Å². The third kappa shape index (κ3) is 5.32. The Hall–Kier alpha value is -1.38. The molecule has 1 fully saturated rings. The topological polar surface area (TPSA) is 9.23 Å². The molecule has 0 aromatic heterocycles. The molecule has 0 N–H and O–H groups in total. The highest BCUT2D eigenvalue weighted by Gasteiger charge is 2.19. The maximum absolute atomic E-state index is 14.2. The number of halogens is 2. The van der Waals surface area contributed by atoms with E-state index in [-0.39, 0.29) is 5.75 Å². The van der Waals surface area contributed by atoms with E-state index in [1.54, 1.807) is 12.1 Å². The van der Waals surface area contributed by atoms with Gasteiger partial charge in [-0.05, 0) is 56.1 Å². The first-order valence-electron chi connectivity index (χ1n) is 9.44. The second-order valence-corrected chi connectivity index (χ2v) is 6.91. The lowest BCUT2D eigenvalue weighted by atomic mass is 9.80. The maximum Gasteiger partial charge on any atom is 0.201 e. The van der Waals surface area contributed by atoms with Crippen LogP contribution in [0.15, 0.2) is 18.2 Å². The Labute approximate surface area is 145 Å². The molecule has 2 rings (SSSR count). The van der Waals surface area contributed by atoms with Gasteiger partial charge < -0.3 is 4.74 Å². The van der Waals surface area contributed by atoms with Crippen LogP contribution in [0.25, 0.3) is 6.08 Å². The molecule has 3 heteroatoms. The first-order chi connectivity index (χ1) is 11.7. The third-order valence-electron chi connectivity index (χ3n) is 4.97. The Bertz CT molecular complexity index is 531. The molecule has 1 saturated carbocycles. The van der Waals surface area contributed by atoms with Crippen molar-refractivity contribution in [2.24, 2.45) is 11.8 Å². The average Bonchev–Trinajstić information content (AvgIpc) is 2.60. The number of hydrogen-bond donors (Lipinski definition) is 0. The SMILES string of the molecule is CCCCOc1ccc(C=CC2CCC(CCC)CC2)c(F)c1F. The zero-order valence-electron chi connectivity index (χ0n) is 15.0. The molecule has 0 aliphatic heterocycles. The van der Waals surface area contributed by atoms with Crippen molar-refractivity contribution < 1.29 is 13.5 Å². The summed E-state index contributed by atoms with van der Waals surface area (Å²) in [6.07, 6.45) is 13.0. The average molecular weight is 336 g/mol. The van der Waals surface area contributed by atoms with Crippen molar-refractivity contribution in [3.63, 3.8) is 0 Å². The molecule has 1 aliphatic rings. The number of benzene rings is 1. The minimum Gasteiger partial charge on any atom is -0.490 e. The van der Waals surface area contributed by atoms with Crippen LogP contribution in [-0.2, 0) is 0 Å². The second-order valence-electron chi connectivity index (χ2n) is 6.91. The number of hydrogen-bond acceptors (Lipinski definition) is 1. The monoisotopic (exact) mass is 336 g/mol. The van der Waals surface area contributed by atoms with E-state index in [1.165, 1.54) is 31.7 Å². The molecule has 1 aromatic rings. The maximum atomic E-state index is 14.2. The lowest BCUT2D eigenvalue weighted by Crippen LogP contribution is -2.12. The molecule has 0 saturated heterocycles. The van der Waals surface area contributed by atoms with Crippen LogP contribution in [0, 0.1) is 23.5 Å². The number of unbranched alkanes of at least 4 members (excludes halogenated alkanes) is 1. The summed E-state index contributed by atoms with van der Waals surface area (Å²) in [4.78, 5) is 0. The summed E-state index contributed by atoms with van der Waals surface area (Å²) >= 11 is 0. The molecule has 0 spiro atoms. The summed E-state index contributed by atoms with van der Waals surface area (Å²) in [5.41, 5.74) is 0.311. The van der Waals surface area contributed by atoms with E-state index in [2.05, 4.69) is 13.0 Å². The van der Waals surface area contributed by atoms with Gasteiger partial charge >= 0.3 is 0 Å². The summed E-state index contributed by atoms with van der Waals surface area (Å²) in [5, 5.41) is 0. The van der Waals surface area contributed by atoms with Crippen molar-refractivity contribution in [1.82, 2.24) is 0 Å². The zero-order valence-corrected chi connectivity index (χ0v) is 15.0. The summed E-state index contributed by atoms with van der Waals surface area (Å²) in [5.74, 6) is -0.326. The van der Waals surface area contributed by atoms with E-state index in [1.807, 2.05) is 6.92 Å². The fourth-order valence-electron chi connectivity index (χ4n) is 3.43. The lowest BCUT2D eigenvalue weighted by Gasteiger charge is -2.26. The third-order valence-corrected chi connectivity index (χ3v) is 4.97. The van der Waals surface area contributed by atoms with Gasteiger partial charge in [-0.2, -0.15) is 4.39 Å². The minimum atomic E-state index is -0.875. The van der Waals surface area contributed by atoms with Gasteiger partial charge in [-0.15, -0.1) is 0 Å². The predicted octanol–water partition coefficient (Wildman–Crippen LogP) is 6.76. The van der Waals surface area contributed by atoms with Crippen molar-refractivity contribution in [1.29, 1.82) is 0 Å². The van der Waals surface area contributed by atoms with Crippen molar-refractivity contribution in [2.45, 2.75) is 65.2 Å². The van der Waals surface area contributed by atoms with Gasteiger partial charge in [0.05, 0.1) is 6.61 Å². The van der Waals surface area contributed by atoms with E-state index < -0.39 is 11.6 Å². The Balaban J connectivity index is 1.94. The fraction of sp³-hybridized carbons (Fsp3) is 0.619. The molecule has 0 unspecified atom stereocenters. The molecule has 0 radical (unpaired) electrons. The van der Waals surface area contributed by atoms with E-state index in [4.69, 9.17) is 4.74 Å². The molecule has 1 nitrogen and oxygen atoms in total. The normalized spacial score (nSPS) is 21.3. The van der Waals surface area contributed by atoms with Crippen LogP contribution in [0.4, 0.5) is 8.78 Å². The summed E-state index contributed by atoms with van der Waals surface area (Å²) in [6.45, 7) is 4.69. The van der Waals surface area contributed by atoms with Crippen LogP contribution in [0.2, 0.25) is 0 Å². The van der Waals surface area contributed by atoms with Gasteiger partial charge in [-0.25, -0.2) is 4.39 Å². The molecule has 0 amide bonds. The van der Waals surface area contributed by atoms with Gasteiger partial charge in [-0.1, -0.05) is 45.3 Å². The van der Waals surface area contributed by atoms with E-state index >= 15 is 0 Å². The van der Waals surface area contributed by atoms with Gasteiger partial charge in [0, 0.05) is 5.56 Å². The van der Waals surface area contributed by atoms with Crippen molar-refractivity contribution in [3.05, 3.63) is 35.4 Å². The summed E-state index contributed by atoms with van der Waals surface area (Å²) < 4.78 is 33.5. The molecule has 1 aromatic carbocycles. The van der Waals surface area contributed by atoms with Crippen LogP contribution < -0.4 is 4.74 Å². The molecule has 0 atom stereocenters. The van der Waals surface area contributed by atoms with Crippen LogP contribution in [-0.4, -0.2) is 6.61 Å². The zero-order chi connectivity index (χ0) is 17.4. The molecular formula is C21H30F2O. The van der Waals surface area contributed by atoms with Gasteiger partial charge in [0.25, 0.3) is 0 Å². The first-order valence-corrected chi connectivity index (χ1v) is 9.44. The van der Waals surface area contributed by atoms with Gasteiger partial charge in [0.2, 0.25) is 5.82 Å². The Kier molecular flexibility index (Phi) is 7.74. The van der Waals surface area contributed by atoms with E-state index in [9.17, 15) is 8.78 Å². The molecule has 134 valence electrons. The Morgan fingerprint density at radius 3 is 2.46 bits per heavy atom. The van der Waals surface area contributed by atoms with Gasteiger partial charge in [0.15, 0.2) is 11.6 Å². The minimum absolute atomic E-state index is 0.0122. The first kappa shape index (κ1) is 19.0. The van der Waals surface area contributed by atoms with E-state index in [0.717, 1.165) is 31.6 Å². The molecule has 1 aliphatic carbocycles. The number of allylic oxidation sites excluding steroid dienone is 1. The number of ether oxygens (including phenoxy) is 1. The van der Waals surface area contributed by atoms with Crippen molar-refractivity contribution in [3.8, 4) is 5.75 Å². The highest BCUT2D eigenvalue weighted by molar-refractivity contribution is 5.52. The van der Waals surface area contributed by atoms with Crippen LogP contribution >= 0.6 is 0 Å². The van der Waals surface area contributed by atoms with E-state index in [0.29, 0.717) is 18.1 Å². The van der Waals surface area contributed by atoms with Crippen LogP contribution in [0.1, 0.15) is 70.8 Å². The highest BCUT2D eigenvalue weighted by atomic mass is 19.2. The van der Waals surface area contributed by atoms with Crippen LogP contribution in [0.5, 0.6) is 5.75 Å². The summed E-state index contributed by atoms with van der Waals surface area (Å²) in [7, 11) is 0. The smallest absolute Gasteiger partial charge is 0.201 e. The molecule has 24 heavy (non-hydrogen) atoms.